The van der Waals surface area contributed by atoms with Crippen molar-refractivity contribution >= 4 is 0 Å². The Balaban J connectivity index is 2.73. The molecule has 0 amide bonds. The Morgan fingerprint density at radius 2 is 2.00 bits per heavy atom. The molecular formula is C8H14N2O3. The molecule has 5 nitrogen and oxygen atoms in total. The molecule has 0 saturated heterocycles. The Morgan fingerprint density at radius 3 is 2.38 bits per heavy atom. The Hall–Kier alpha value is -1.07. The highest BCUT2D eigenvalue weighted by Gasteiger charge is 2.08. The number of hydrogen-bond acceptors (Lipinski definition) is 3. The highest BCUT2D eigenvalue weighted by Crippen LogP contribution is 1.94. The molecule has 0 saturated carbocycles. The second-order valence-electron chi connectivity index (χ2n) is 2.74. The summed E-state index contributed by atoms with van der Waals surface area (Å²) in [5.74, 6) is 0. The molecule has 0 aromatic carbocycles. The van der Waals surface area contributed by atoms with Crippen LogP contribution in [0.2, 0.25) is 0 Å². The van der Waals surface area contributed by atoms with Crippen LogP contribution in [0.3, 0.4) is 0 Å². The van der Waals surface area contributed by atoms with E-state index in [1.807, 2.05) is 0 Å². The van der Waals surface area contributed by atoms with Gasteiger partial charge in [0.25, 0.3) is 0 Å². The number of aromatic nitrogens is 2. The first kappa shape index (κ1) is 10.0. The van der Waals surface area contributed by atoms with Crippen molar-refractivity contribution in [2.75, 3.05) is 14.2 Å². The largest absolute Gasteiger partial charge is 0.354 e. The van der Waals surface area contributed by atoms with Crippen LogP contribution in [-0.2, 0) is 23.1 Å². The number of nitrogens with zero attached hydrogens (tertiary/aromatic N) is 2. The lowest BCUT2D eigenvalue weighted by Gasteiger charge is -2.12. The van der Waals surface area contributed by atoms with Crippen LogP contribution in [0, 0.1) is 0 Å². The Labute approximate surface area is 76.5 Å². The van der Waals surface area contributed by atoms with E-state index in [4.69, 9.17) is 9.47 Å². The molecule has 5 heteroatoms. The van der Waals surface area contributed by atoms with Gasteiger partial charge < -0.3 is 14.0 Å². The maximum Gasteiger partial charge on any atom is 0.328 e. The summed E-state index contributed by atoms with van der Waals surface area (Å²) in [7, 11) is 4.79. The zero-order valence-electron chi connectivity index (χ0n) is 8.06. The third kappa shape index (κ3) is 2.19. The summed E-state index contributed by atoms with van der Waals surface area (Å²) in [4.78, 5) is 11.4. The second kappa shape index (κ2) is 4.25. The molecule has 1 aromatic rings. The van der Waals surface area contributed by atoms with Gasteiger partial charge in [-0.2, -0.15) is 0 Å². The predicted molar refractivity (Wildman–Crippen MR) is 47.5 cm³/mol. The number of ether oxygens (including phenoxy) is 2. The van der Waals surface area contributed by atoms with Crippen molar-refractivity contribution in [2.24, 2.45) is 7.05 Å². The normalized spacial score (nSPS) is 11.1. The van der Waals surface area contributed by atoms with E-state index in [2.05, 4.69) is 0 Å². The van der Waals surface area contributed by atoms with Gasteiger partial charge in [-0.05, 0) is 0 Å². The van der Waals surface area contributed by atoms with Crippen LogP contribution in [0.25, 0.3) is 0 Å². The fourth-order valence-electron chi connectivity index (χ4n) is 1.06. The third-order valence-corrected chi connectivity index (χ3v) is 1.89. The van der Waals surface area contributed by atoms with E-state index in [1.54, 1.807) is 33.7 Å². The number of hydrogen-bond donors (Lipinski definition) is 0. The van der Waals surface area contributed by atoms with Gasteiger partial charge in [-0.1, -0.05) is 0 Å². The van der Waals surface area contributed by atoms with Crippen LogP contribution >= 0.6 is 0 Å². The predicted octanol–water partition coefficient (Wildman–Crippen LogP) is -0.194. The van der Waals surface area contributed by atoms with E-state index in [-0.39, 0.29) is 12.0 Å². The van der Waals surface area contributed by atoms with Crippen molar-refractivity contribution in [3.05, 3.63) is 22.9 Å². The minimum Gasteiger partial charge on any atom is -0.354 e. The minimum atomic E-state index is -0.375. The van der Waals surface area contributed by atoms with Crippen molar-refractivity contribution in [3.8, 4) is 0 Å². The molecule has 0 aliphatic carbocycles. The summed E-state index contributed by atoms with van der Waals surface area (Å²) in [6.07, 6.45) is 3.03. The lowest BCUT2D eigenvalue weighted by atomic mass is 10.6. The third-order valence-electron chi connectivity index (χ3n) is 1.89. The number of imidazole rings is 1. The van der Waals surface area contributed by atoms with Gasteiger partial charge in [0.2, 0.25) is 0 Å². The number of rotatable bonds is 4. The Kier molecular flexibility index (Phi) is 3.27. The van der Waals surface area contributed by atoms with E-state index in [0.29, 0.717) is 6.54 Å². The standard InChI is InChI=1S/C8H14N2O3/c1-9-4-5-10(8(9)11)6-7(12-2)13-3/h4-5,7H,6H2,1-3H3. The molecule has 1 heterocycles. The van der Waals surface area contributed by atoms with Gasteiger partial charge in [0.1, 0.15) is 0 Å². The van der Waals surface area contributed by atoms with E-state index in [1.165, 1.54) is 9.13 Å². The molecule has 0 aliphatic heterocycles. The minimum absolute atomic E-state index is 0.0703. The van der Waals surface area contributed by atoms with Gasteiger partial charge >= 0.3 is 5.69 Å². The van der Waals surface area contributed by atoms with Crippen molar-refractivity contribution in [1.29, 1.82) is 0 Å². The molecule has 0 fully saturated rings. The van der Waals surface area contributed by atoms with Crippen molar-refractivity contribution < 1.29 is 9.47 Å². The van der Waals surface area contributed by atoms with Crippen LogP contribution in [0.1, 0.15) is 0 Å². The first-order valence-corrected chi connectivity index (χ1v) is 3.96. The fourth-order valence-corrected chi connectivity index (χ4v) is 1.06. The molecule has 0 bridgehead atoms. The van der Waals surface area contributed by atoms with Gasteiger partial charge in [0, 0.05) is 33.7 Å². The first-order valence-electron chi connectivity index (χ1n) is 3.96. The maximum absolute atomic E-state index is 11.4. The van der Waals surface area contributed by atoms with E-state index >= 15 is 0 Å². The maximum atomic E-state index is 11.4. The van der Waals surface area contributed by atoms with E-state index in [0.717, 1.165) is 0 Å². The van der Waals surface area contributed by atoms with Gasteiger partial charge in [-0.25, -0.2) is 4.79 Å². The average Bonchev–Trinajstić information content (AvgIpc) is 2.45. The van der Waals surface area contributed by atoms with Crippen LogP contribution in [0.5, 0.6) is 0 Å². The Bertz CT molecular complexity index is 311. The second-order valence-corrected chi connectivity index (χ2v) is 2.74. The number of aryl methyl sites for hydroxylation is 1. The monoisotopic (exact) mass is 186 g/mol. The summed E-state index contributed by atoms with van der Waals surface area (Å²) in [6.45, 7) is 0.409. The highest BCUT2D eigenvalue weighted by molar-refractivity contribution is 4.79. The summed E-state index contributed by atoms with van der Waals surface area (Å²) >= 11 is 0. The molecule has 1 rings (SSSR count). The molecule has 0 aliphatic rings. The van der Waals surface area contributed by atoms with Gasteiger partial charge in [-0.3, -0.25) is 4.57 Å². The van der Waals surface area contributed by atoms with Crippen molar-refractivity contribution in [1.82, 2.24) is 9.13 Å². The van der Waals surface area contributed by atoms with Crippen molar-refractivity contribution in [3.63, 3.8) is 0 Å². The summed E-state index contributed by atoms with van der Waals surface area (Å²) < 4.78 is 13.0. The van der Waals surface area contributed by atoms with Crippen LogP contribution < -0.4 is 5.69 Å². The van der Waals surface area contributed by atoms with Crippen molar-refractivity contribution in [2.45, 2.75) is 12.8 Å². The van der Waals surface area contributed by atoms with Crippen LogP contribution in [-0.4, -0.2) is 29.6 Å². The summed E-state index contributed by atoms with van der Waals surface area (Å²) in [6, 6.07) is 0. The van der Waals surface area contributed by atoms with Crippen LogP contribution in [0.4, 0.5) is 0 Å². The topological polar surface area (TPSA) is 45.4 Å². The lowest BCUT2D eigenvalue weighted by Crippen LogP contribution is -2.29. The molecule has 1 aromatic heterocycles. The highest BCUT2D eigenvalue weighted by atomic mass is 16.7. The summed E-state index contributed by atoms with van der Waals surface area (Å²) in [5.41, 5.74) is -0.0703. The van der Waals surface area contributed by atoms with Gasteiger partial charge in [0.05, 0.1) is 6.54 Å². The Morgan fingerprint density at radius 1 is 1.38 bits per heavy atom. The summed E-state index contributed by atoms with van der Waals surface area (Å²) in [5, 5.41) is 0. The molecule has 0 atom stereocenters. The molecule has 0 unspecified atom stereocenters. The van der Waals surface area contributed by atoms with E-state index < -0.39 is 0 Å². The lowest BCUT2D eigenvalue weighted by molar-refractivity contribution is -0.111. The quantitative estimate of drug-likeness (QED) is 0.612. The smallest absolute Gasteiger partial charge is 0.328 e. The molecule has 13 heavy (non-hydrogen) atoms. The molecular weight excluding hydrogens is 172 g/mol. The zero-order valence-corrected chi connectivity index (χ0v) is 8.06. The molecule has 0 N–H and O–H groups in total. The molecule has 74 valence electrons. The fraction of sp³-hybridized carbons (Fsp3) is 0.625. The SMILES string of the molecule is COC(Cn1ccn(C)c1=O)OC. The first-order chi connectivity index (χ1) is 6.19. The van der Waals surface area contributed by atoms with Gasteiger partial charge in [-0.15, -0.1) is 0 Å². The van der Waals surface area contributed by atoms with Crippen LogP contribution in [0.15, 0.2) is 17.2 Å². The molecule has 0 spiro atoms. The average molecular weight is 186 g/mol. The molecule has 0 radical (unpaired) electrons. The van der Waals surface area contributed by atoms with E-state index in [9.17, 15) is 4.79 Å². The number of methoxy groups -OCH3 is 2. The zero-order chi connectivity index (χ0) is 9.84. The van der Waals surface area contributed by atoms with Gasteiger partial charge in [0.15, 0.2) is 6.29 Å².